The summed E-state index contributed by atoms with van der Waals surface area (Å²) in [4.78, 5) is 11.1. The monoisotopic (exact) mass is 431 g/mol. The number of guanidine groups is 1. The van der Waals surface area contributed by atoms with E-state index in [1.54, 1.807) is 0 Å². The van der Waals surface area contributed by atoms with Gasteiger partial charge in [-0.1, -0.05) is 12.5 Å². The molecule has 1 aliphatic heterocycles. The summed E-state index contributed by atoms with van der Waals surface area (Å²) >= 11 is 0. The van der Waals surface area contributed by atoms with E-state index in [0.717, 1.165) is 50.1 Å². The van der Waals surface area contributed by atoms with Crippen molar-refractivity contribution in [3.05, 3.63) is 23.9 Å². The number of halogens is 1. The lowest BCUT2D eigenvalue weighted by atomic mass is 9.85. The zero-order valence-electron chi connectivity index (χ0n) is 13.4. The van der Waals surface area contributed by atoms with Crippen molar-refractivity contribution in [2.24, 2.45) is 16.6 Å². The number of nitrogens with zero attached hydrogens (tertiary/aromatic N) is 3. The van der Waals surface area contributed by atoms with Gasteiger partial charge < -0.3 is 20.7 Å². The zero-order valence-corrected chi connectivity index (χ0v) is 15.7. The van der Waals surface area contributed by atoms with Gasteiger partial charge in [-0.05, 0) is 30.4 Å². The summed E-state index contributed by atoms with van der Waals surface area (Å²) in [7, 11) is 0. The fourth-order valence-electron chi connectivity index (χ4n) is 2.67. The van der Waals surface area contributed by atoms with E-state index in [-0.39, 0.29) is 24.0 Å². The molecule has 3 N–H and O–H groups in total. The second-order valence-corrected chi connectivity index (χ2v) is 6.00. The van der Waals surface area contributed by atoms with Crippen LogP contribution in [0.25, 0.3) is 0 Å². The van der Waals surface area contributed by atoms with Crippen LogP contribution in [0, 0.1) is 5.92 Å². The lowest BCUT2D eigenvalue weighted by molar-refractivity contribution is 0.122. The van der Waals surface area contributed by atoms with Gasteiger partial charge in [0.15, 0.2) is 5.96 Å². The molecule has 1 aliphatic carbocycles. The third kappa shape index (κ3) is 5.49. The molecule has 6 nitrogen and oxygen atoms in total. The predicted octanol–water partition coefficient (Wildman–Crippen LogP) is 1.74. The number of hydrogen-bond acceptors (Lipinski definition) is 4. The van der Waals surface area contributed by atoms with Crippen molar-refractivity contribution in [1.82, 2.24) is 10.3 Å². The van der Waals surface area contributed by atoms with Gasteiger partial charge in [0.1, 0.15) is 5.82 Å². The highest BCUT2D eigenvalue weighted by Crippen LogP contribution is 2.25. The van der Waals surface area contributed by atoms with Crippen LogP contribution in [0.15, 0.2) is 23.3 Å². The molecule has 2 fully saturated rings. The van der Waals surface area contributed by atoms with Gasteiger partial charge in [0.2, 0.25) is 0 Å². The van der Waals surface area contributed by atoms with Gasteiger partial charge >= 0.3 is 0 Å². The fraction of sp³-hybridized carbons (Fsp3) is 0.625. The number of rotatable bonds is 5. The van der Waals surface area contributed by atoms with Crippen LogP contribution < -0.4 is 16.0 Å². The van der Waals surface area contributed by atoms with Crippen molar-refractivity contribution in [2.75, 3.05) is 37.7 Å². The molecule has 0 bridgehead atoms. The highest BCUT2D eigenvalue weighted by molar-refractivity contribution is 14.0. The molecular weight excluding hydrogens is 405 g/mol. The summed E-state index contributed by atoms with van der Waals surface area (Å²) in [5.41, 5.74) is 6.97. The Balaban J connectivity index is 0.00000192. The molecule has 1 saturated carbocycles. The number of hydrogen-bond donors (Lipinski definition) is 2. The lowest BCUT2D eigenvalue weighted by Gasteiger charge is -2.27. The van der Waals surface area contributed by atoms with Crippen LogP contribution in [0.4, 0.5) is 5.82 Å². The van der Waals surface area contributed by atoms with E-state index < -0.39 is 0 Å². The summed E-state index contributed by atoms with van der Waals surface area (Å²) in [6, 6.07) is 4.12. The molecule has 7 heteroatoms. The molecular formula is C16H26IN5O. The molecule has 0 aromatic carbocycles. The van der Waals surface area contributed by atoms with E-state index in [0.29, 0.717) is 12.5 Å². The molecule has 1 aromatic heterocycles. The number of ether oxygens (including phenoxy) is 1. The summed E-state index contributed by atoms with van der Waals surface area (Å²) in [6.07, 6.45) is 5.86. The van der Waals surface area contributed by atoms with E-state index in [9.17, 15) is 0 Å². The Morgan fingerprint density at radius 2 is 2.13 bits per heavy atom. The van der Waals surface area contributed by atoms with Crippen LogP contribution in [0.2, 0.25) is 0 Å². The quantitative estimate of drug-likeness (QED) is 0.422. The van der Waals surface area contributed by atoms with E-state index in [2.05, 4.69) is 26.3 Å². The Kier molecular flexibility index (Phi) is 7.35. The van der Waals surface area contributed by atoms with Gasteiger partial charge in [0, 0.05) is 25.8 Å². The third-order valence-corrected chi connectivity index (χ3v) is 4.37. The SMILES string of the molecule is I.NC(=NCc1ccc(N2CCOCC2)nc1)NCC1CCC1. The van der Waals surface area contributed by atoms with Crippen LogP contribution in [0.3, 0.4) is 0 Å². The summed E-state index contributed by atoms with van der Waals surface area (Å²) < 4.78 is 5.35. The first-order valence-electron chi connectivity index (χ1n) is 8.12. The van der Waals surface area contributed by atoms with Crippen LogP contribution in [-0.4, -0.2) is 43.8 Å². The van der Waals surface area contributed by atoms with Crippen molar-refractivity contribution in [1.29, 1.82) is 0 Å². The standard InChI is InChI=1S/C16H25N5O.HI/c17-16(19-10-13-2-1-3-13)20-12-14-4-5-15(18-11-14)21-6-8-22-9-7-21;/h4-5,11,13H,1-3,6-10,12H2,(H3,17,19,20);1H. The number of morpholine rings is 1. The first kappa shape index (κ1) is 18.3. The van der Waals surface area contributed by atoms with Crippen LogP contribution in [0.5, 0.6) is 0 Å². The van der Waals surface area contributed by atoms with Crippen molar-refractivity contribution in [2.45, 2.75) is 25.8 Å². The van der Waals surface area contributed by atoms with Crippen molar-refractivity contribution in [3.8, 4) is 0 Å². The first-order valence-corrected chi connectivity index (χ1v) is 8.12. The molecule has 0 amide bonds. The molecule has 0 unspecified atom stereocenters. The number of nitrogens with one attached hydrogen (secondary N) is 1. The summed E-state index contributed by atoms with van der Waals surface area (Å²) in [5, 5.41) is 3.20. The lowest BCUT2D eigenvalue weighted by Crippen LogP contribution is -2.37. The highest BCUT2D eigenvalue weighted by atomic mass is 127. The number of aromatic nitrogens is 1. The highest BCUT2D eigenvalue weighted by Gasteiger charge is 2.16. The molecule has 0 atom stereocenters. The smallest absolute Gasteiger partial charge is 0.188 e. The third-order valence-electron chi connectivity index (χ3n) is 4.37. The molecule has 1 saturated heterocycles. The van der Waals surface area contributed by atoms with E-state index >= 15 is 0 Å². The van der Waals surface area contributed by atoms with Crippen LogP contribution >= 0.6 is 24.0 Å². The maximum Gasteiger partial charge on any atom is 0.188 e. The second-order valence-electron chi connectivity index (χ2n) is 6.00. The van der Waals surface area contributed by atoms with Crippen LogP contribution in [-0.2, 0) is 11.3 Å². The normalized spacial score (nSPS) is 19.0. The van der Waals surface area contributed by atoms with E-state index in [1.807, 2.05) is 12.3 Å². The van der Waals surface area contributed by atoms with Crippen LogP contribution in [0.1, 0.15) is 24.8 Å². The minimum absolute atomic E-state index is 0. The largest absolute Gasteiger partial charge is 0.378 e. The van der Waals surface area contributed by atoms with E-state index in [1.165, 1.54) is 19.3 Å². The Morgan fingerprint density at radius 3 is 2.74 bits per heavy atom. The maximum atomic E-state index is 5.89. The van der Waals surface area contributed by atoms with Gasteiger partial charge in [-0.3, -0.25) is 0 Å². The number of aliphatic imine (C=N–C) groups is 1. The Morgan fingerprint density at radius 1 is 1.35 bits per heavy atom. The molecule has 0 radical (unpaired) electrons. The molecule has 2 aliphatic rings. The van der Waals surface area contributed by atoms with Crippen molar-refractivity contribution in [3.63, 3.8) is 0 Å². The van der Waals surface area contributed by atoms with Crippen molar-refractivity contribution >= 4 is 35.8 Å². The molecule has 0 spiro atoms. The molecule has 1 aromatic rings. The summed E-state index contributed by atoms with van der Waals surface area (Å²) in [5.74, 6) is 2.32. The molecule has 2 heterocycles. The van der Waals surface area contributed by atoms with E-state index in [4.69, 9.17) is 10.5 Å². The predicted molar refractivity (Wildman–Crippen MR) is 103 cm³/mol. The summed E-state index contributed by atoms with van der Waals surface area (Å²) in [6.45, 7) is 4.88. The number of anilines is 1. The first-order chi connectivity index (χ1) is 10.8. The Labute approximate surface area is 154 Å². The topological polar surface area (TPSA) is 75.8 Å². The Hall–Kier alpha value is -1.09. The minimum atomic E-state index is 0. The molecule has 3 rings (SSSR count). The molecule has 128 valence electrons. The van der Waals surface area contributed by atoms with Gasteiger partial charge in [-0.15, -0.1) is 24.0 Å². The average Bonchev–Trinajstić information content (AvgIpc) is 2.53. The van der Waals surface area contributed by atoms with Crippen molar-refractivity contribution < 1.29 is 4.74 Å². The number of pyridine rings is 1. The zero-order chi connectivity index (χ0) is 15.2. The van der Waals surface area contributed by atoms with Gasteiger partial charge in [-0.2, -0.15) is 0 Å². The maximum absolute atomic E-state index is 5.89. The molecule has 23 heavy (non-hydrogen) atoms. The van der Waals surface area contributed by atoms with Gasteiger partial charge in [0.25, 0.3) is 0 Å². The Bertz CT molecular complexity index is 498. The minimum Gasteiger partial charge on any atom is -0.378 e. The van der Waals surface area contributed by atoms with Gasteiger partial charge in [-0.25, -0.2) is 9.98 Å². The number of nitrogens with two attached hydrogens (primary N) is 1. The van der Waals surface area contributed by atoms with Gasteiger partial charge in [0.05, 0.1) is 19.8 Å². The fourth-order valence-corrected chi connectivity index (χ4v) is 2.67. The second kappa shape index (κ2) is 9.27. The average molecular weight is 431 g/mol.